The summed E-state index contributed by atoms with van der Waals surface area (Å²) in [6.45, 7) is 4.08. The number of carbonyl (C=O) groups is 1. The van der Waals surface area contributed by atoms with Crippen molar-refractivity contribution in [2.45, 2.75) is 20.4 Å². The zero-order chi connectivity index (χ0) is 17.8. The van der Waals surface area contributed by atoms with Gasteiger partial charge in [-0.05, 0) is 31.5 Å². The molecule has 1 aromatic heterocycles. The molecule has 0 unspecified atom stereocenters. The van der Waals surface area contributed by atoms with E-state index in [1.165, 1.54) is 0 Å². The molecule has 0 aliphatic heterocycles. The monoisotopic (exact) mass is 336 g/mol. The van der Waals surface area contributed by atoms with Gasteiger partial charge in [0.1, 0.15) is 11.5 Å². The molecular formula is C20H20N2O3. The van der Waals surface area contributed by atoms with Crippen molar-refractivity contribution in [3.8, 4) is 17.2 Å². The standard InChI is InChI=1S/C20H20N2O3/c1-13-8-4-6-10-16(13)20-22-18(14(2)25-20)19(23)21-12-15-9-5-7-11-17(15)24-3/h4-11H,12H2,1-3H3,(H,21,23). The largest absolute Gasteiger partial charge is 0.496 e. The Balaban J connectivity index is 1.78. The van der Waals surface area contributed by atoms with Gasteiger partial charge in [0.2, 0.25) is 5.89 Å². The van der Waals surface area contributed by atoms with Gasteiger partial charge in [-0.25, -0.2) is 4.98 Å². The minimum atomic E-state index is -0.271. The SMILES string of the molecule is COc1ccccc1CNC(=O)c1nc(-c2ccccc2C)oc1C. The van der Waals surface area contributed by atoms with Gasteiger partial charge in [-0.2, -0.15) is 0 Å². The van der Waals surface area contributed by atoms with Crippen molar-refractivity contribution in [1.29, 1.82) is 0 Å². The molecule has 2 aromatic carbocycles. The Morgan fingerprint density at radius 3 is 2.60 bits per heavy atom. The maximum absolute atomic E-state index is 12.5. The van der Waals surface area contributed by atoms with Crippen molar-refractivity contribution in [2.75, 3.05) is 7.11 Å². The molecule has 5 nitrogen and oxygen atoms in total. The van der Waals surface area contributed by atoms with Gasteiger partial charge in [0.25, 0.3) is 5.91 Å². The minimum absolute atomic E-state index is 0.271. The van der Waals surface area contributed by atoms with Crippen LogP contribution in [0.15, 0.2) is 52.9 Å². The van der Waals surface area contributed by atoms with Crippen LogP contribution < -0.4 is 10.1 Å². The normalized spacial score (nSPS) is 10.5. The molecule has 0 radical (unpaired) electrons. The highest BCUT2D eigenvalue weighted by Crippen LogP contribution is 2.25. The van der Waals surface area contributed by atoms with E-state index in [1.807, 2.05) is 55.5 Å². The lowest BCUT2D eigenvalue weighted by Crippen LogP contribution is -2.24. The number of rotatable bonds is 5. The topological polar surface area (TPSA) is 64.4 Å². The summed E-state index contributed by atoms with van der Waals surface area (Å²) < 4.78 is 11.0. The summed E-state index contributed by atoms with van der Waals surface area (Å²) in [5, 5.41) is 2.87. The average Bonchev–Trinajstić information content (AvgIpc) is 3.02. The van der Waals surface area contributed by atoms with Gasteiger partial charge in [0, 0.05) is 17.7 Å². The summed E-state index contributed by atoms with van der Waals surface area (Å²) in [6, 6.07) is 15.3. The van der Waals surface area contributed by atoms with Gasteiger partial charge in [-0.15, -0.1) is 0 Å². The maximum atomic E-state index is 12.5. The highest BCUT2D eigenvalue weighted by molar-refractivity contribution is 5.93. The molecule has 3 rings (SSSR count). The molecule has 25 heavy (non-hydrogen) atoms. The van der Waals surface area contributed by atoms with Crippen LogP contribution in [-0.4, -0.2) is 18.0 Å². The molecule has 0 bridgehead atoms. The van der Waals surface area contributed by atoms with Crippen LogP contribution in [0.2, 0.25) is 0 Å². The first-order valence-corrected chi connectivity index (χ1v) is 8.03. The van der Waals surface area contributed by atoms with Crippen LogP contribution in [0.3, 0.4) is 0 Å². The zero-order valence-electron chi connectivity index (χ0n) is 14.5. The lowest BCUT2D eigenvalue weighted by molar-refractivity contribution is 0.0945. The van der Waals surface area contributed by atoms with Gasteiger partial charge >= 0.3 is 0 Å². The van der Waals surface area contributed by atoms with Gasteiger partial charge in [-0.1, -0.05) is 36.4 Å². The Morgan fingerprint density at radius 2 is 1.84 bits per heavy atom. The predicted octanol–water partition coefficient (Wildman–Crippen LogP) is 3.90. The molecule has 0 aliphatic carbocycles. The number of nitrogens with zero attached hydrogens (tertiary/aromatic N) is 1. The van der Waals surface area contributed by atoms with E-state index in [0.717, 1.165) is 22.4 Å². The summed E-state index contributed by atoms with van der Waals surface area (Å²) in [4.78, 5) is 16.9. The Kier molecular flexibility index (Phi) is 4.84. The first-order chi connectivity index (χ1) is 12.1. The van der Waals surface area contributed by atoms with E-state index in [4.69, 9.17) is 9.15 Å². The number of methoxy groups -OCH3 is 1. The fourth-order valence-corrected chi connectivity index (χ4v) is 2.64. The number of nitrogens with one attached hydrogen (secondary N) is 1. The third-order valence-corrected chi connectivity index (χ3v) is 4.02. The van der Waals surface area contributed by atoms with Crippen molar-refractivity contribution < 1.29 is 13.9 Å². The van der Waals surface area contributed by atoms with E-state index in [1.54, 1.807) is 14.0 Å². The smallest absolute Gasteiger partial charge is 0.273 e. The molecule has 0 saturated heterocycles. The number of carbonyl (C=O) groups excluding carboxylic acids is 1. The Morgan fingerprint density at radius 1 is 1.12 bits per heavy atom. The molecule has 1 heterocycles. The van der Waals surface area contributed by atoms with Crippen molar-refractivity contribution in [3.05, 3.63) is 71.1 Å². The van der Waals surface area contributed by atoms with E-state index >= 15 is 0 Å². The van der Waals surface area contributed by atoms with Crippen molar-refractivity contribution in [1.82, 2.24) is 10.3 Å². The molecule has 0 saturated carbocycles. The molecule has 0 spiro atoms. The number of hydrogen-bond donors (Lipinski definition) is 1. The quantitative estimate of drug-likeness (QED) is 0.767. The van der Waals surface area contributed by atoms with Crippen molar-refractivity contribution in [3.63, 3.8) is 0 Å². The third kappa shape index (κ3) is 3.55. The van der Waals surface area contributed by atoms with Crippen LogP contribution in [0.1, 0.15) is 27.4 Å². The van der Waals surface area contributed by atoms with Crippen LogP contribution in [0.5, 0.6) is 5.75 Å². The zero-order valence-corrected chi connectivity index (χ0v) is 14.5. The summed E-state index contributed by atoms with van der Waals surface area (Å²) in [6.07, 6.45) is 0. The number of hydrogen-bond acceptors (Lipinski definition) is 4. The molecule has 0 aliphatic rings. The van der Waals surface area contributed by atoms with Crippen LogP contribution >= 0.6 is 0 Å². The van der Waals surface area contributed by atoms with Crippen LogP contribution in [0.25, 0.3) is 11.5 Å². The number of aryl methyl sites for hydroxylation is 2. The Labute approximate surface area is 146 Å². The van der Waals surface area contributed by atoms with Gasteiger partial charge in [0.15, 0.2) is 5.69 Å². The first kappa shape index (κ1) is 16.8. The van der Waals surface area contributed by atoms with E-state index in [2.05, 4.69) is 10.3 Å². The average molecular weight is 336 g/mol. The van der Waals surface area contributed by atoms with Crippen molar-refractivity contribution in [2.24, 2.45) is 0 Å². The summed E-state index contributed by atoms with van der Waals surface area (Å²) in [7, 11) is 1.61. The third-order valence-electron chi connectivity index (χ3n) is 4.02. The summed E-state index contributed by atoms with van der Waals surface area (Å²) >= 11 is 0. The molecular weight excluding hydrogens is 316 g/mol. The fraction of sp³-hybridized carbons (Fsp3) is 0.200. The van der Waals surface area contributed by atoms with Crippen molar-refractivity contribution >= 4 is 5.91 Å². The number of ether oxygens (including phenoxy) is 1. The predicted molar refractivity (Wildman–Crippen MR) is 95.6 cm³/mol. The number of oxazole rings is 1. The number of para-hydroxylation sites is 1. The lowest BCUT2D eigenvalue weighted by atomic mass is 10.1. The number of aromatic nitrogens is 1. The molecule has 1 N–H and O–H groups in total. The van der Waals surface area contributed by atoms with Gasteiger partial charge < -0.3 is 14.5 Å². The van der Waals surface area contributed by atoms with Crippen LogP contribution in [0, 0.1) is 13.8 Å². The second kappa shape index (κ2) is 7.21. The van der Waals surface area contributed by atoms with Gasteiger partial charge in [-0.3, -0.25) is 4.79 Å². The van der Waals surface area contributed by atoms with Crippen LogP contribution in [0.4, 0.5) is 0 Å². The number of benzene rings is 2. The highest BCUT2D eigenvalue weighted by atomic mass is 16.5. The molecule has 1 amide bonds. The minimum Gasteiger partial charge on any atom is -0.496 e. The second-order valence-electron chi connectivity index (χ2n) is 5.73. The van der Waals surface area contributed by atoms with E-state index in [0.29, 0.717) is 23.9 Å². The summed E-state index contributed by atoms with van der Waals surface area (Å²) in [5.74, 6) is 1.42. The van der Waals surface area contributed by atoms with Crippen LogP contribution in [-0.2, 0) is 6.54 Å². The first-order valence-electron chi connectivity index (χ1n) is 8.03. The van der Waals surface area contributed by atoms with E-state index < -0.39 is 0 Å². The second-order valence-corrected chi connectivity index (χ2v) is 5.73. The summed E-state index contributed by atoms with van der Waals surface area (Å²) in [5.41, 5.74) is 3.13. The number of amides is 1. The lowest BCUT2D eigenvalue weighted by Gasteiger charge is -2.08. The molecule has 3 aromatic rings. The van der Waals surface area contributed by atoms with E-state index in [-0.39, 0.29) is 5.91 Å². The molecule has 0 fully saturated rings. The fourth-order valence-electron chi connectivity index (χ4n) is 2.64. The highest BCUT2D eigenvalue weighted by Gasteiger charge is 2.19. The van der Waals surface area contributed by atoms with Gasteiger partial charge in [0.05, 0.1) is 7.11 Å². The molecule has 5 heteroatoms. The Hall–Kier alpha value is -3.08. The maximum Gasteiger partial charge on any atom is 0.273 e. The Bertz CT molecular complexity index is 899. The van der Waals surface area contributed by atoms with E-state index in [9.17, 15) is 4.79 Å². The molecule has 128 valence electrons. The molecule has 0 atom stereocenters.